The van der Waals surface area contributed by atoms with E-state index in [9.17, 15) is 13.2 Å². The zero-order valence-corrected chi connectivity index (χ0v) is 16.6. The molecule has 1 N–H and O–H groups in total. The molecule has 0 radical (unpaired) electrons. The van der Waals surface area contributed by atoms with Crippen LogP contribution in [0.25, 0.3) is 0 Å². The van der Waals surface area contributed by atoms with Crippen LogP contribution in [0.3, 0.4) is 0 Å². The molecule has 26 heavy (non-hydrogen) atoms. The Morgan fingerprint density at radius 1 is 1.19 bits per heavy atom. The second-order valence-corrected chi connectivity index (χ2v) is 9.65. The minimum absolute atomic E-state index is 0.0123. The van der Waals surface area contributed by atoms with Crippen LogP contribution in [-0.4, -0.2) is 31.7 Å². The molecule has 7 heteroatoms. The van der Waals surface area contributed by atoms with Crippen LogP contribution in [0.2, 0.25) is 0 Å². The zero-order valence-electron chi connectivity index (χ0n) is 15.0. The van der Waals surface area contributed by atoms with Crippen LogP contribution in [0.15, 0.2) is 46.7 Å². The third-order valence-electron chi connectivity index (χ3n) is 4.81. The Labute approximate surface area is 159 Å². The summed E-state index contributed by atoms with van der Waals surface area (Å²) in [5.74, 6) is -0.125. The van der Waals surface area contributed by atoms with E-state index < -0.39 is 10.0 Å². The van der Waals surface area contributed by atoms with Crippen molar-refractivity contribution in [3.05, 3.63) is 52.2 Å². The molecule has 1 unspecified atom stereocenters. The minimum atomic E-state index is -3.48. The van der Waals surface area contributed by atoms with E-state index in [1.54, 1.807) is 35.6 Å². The largest absolute Gasteiger partial charge is 0.349 e. The third kappa shape index (κ3) is 4.16. The van der Waals surface area contributed by atoms with E-state index in [1.807, 2.05) is 31.4 Å². The Morgan fingerprint density at radius 3 is 2.42 bits per heavy atom. The van der Waals surface area contributed by atoms with Gasteiger partial charge in [-0.1, -0.05) is 23.8 Å². The van der Waals surface area contributed by atoms with E-state index >= 15 is 0 Å². The van der Waals surface area contributed by atoms with Crippen molar-refractivity contribution in [3.8, 4) is 0 Å². The summed E-state index contributed by atoms with van der Waals surface area (Å²) in [6, 6.07) is 10.9. The lowest BCUT2D eigenvalue weighted by atomic mass is 9.97. The van der Waals surface area contributed by atoms with E-state index in [-0.39, 0.29) is 17.9 Å². The van der Waals surface area contributed by atoms with Crippen LogP contribution in [0.1, 0.15) is 36.2 Å². The van der Waals surface area contributed by atoms with Crippen molar-refractivity contribution in [1.29, 1.82) is 0 Å². The van der Waals surface area contributed by atoms with Crippen LogP contribution in [0.5, 0.6) is 0 Å². The molecule has 1 aliphatic heterocycles. The highest BCUT2D eigenvalue weighted by atomic mass is 32.2. The fourth-order valence-corrected chi connectivity index (χ4v) is 5.36. The molecular formula is C19H24N2O3S2. The summed E-state index contributed by atoms with van der Waals surface area (Å²) in [7, 11) is -3.48. The van der Waals surface area contributed by atoms with Gasteiger partial charge in [0.15, 0.2) is 0 Å². The lowest BCUT2D eigenvalue weighted by molar-refractivity contribution is -0.126. The number of hydrogen-bond donors (Lipinski definition) is 1. The van der Waals surface area contributed by atoms with E-state index in [0.717, 1.165) is 10.4 Å². The number of amides is 1. The van der Waals surface area contributed by atoms with Crippen molar-refractivity contribution in [2.45, 2.75) is 37.6 Å². The number of carbonyl (C=O) groups excluding carboxylic acids is 1. The van der Waals surface area contributed by atoms with Gasteiger partial charge in [-0.05, 0) is 50.3 Å². The number of nitrogens with one attached hydrogen (secondary N) is 1. The predicted molar refractivity (Wildman–Crippen MR) is 104 cm³/mol. The van der Waals surface area contributed by atoms with E-state index in [2.05, 4.69) is 5.32 Å². The average molecular weight is 393 g/mol. The van der Waals surface area contributed by atoms with Gasteiger partial charge in [0.2, 0.25) is 15.9 Å². The molecule has 1 aliphatic rings. The molecule has 5 nitrogen and oxygen atoms in total. The number of thiophene rings is 1. The van der Waals surface area contributed by atoms with Gasteiger partial charge in [0.25, 0.3) is 0 Å². The fourth-order valence-electron chi connectivity index (χ4n) is 3.16. The molecule has 0 bridgehead atoms. The maximum Gasteiger partial charge on any atom is 0.243 e. The SMILES string of the molecule is Cc1ccc(S(=O)(=O)N2CCC(C(=O)NC(C)c3cccs3)CC2)cc1. The third-order valence-corrected chi connectivity index (χ3v) is 7.78. The number of rotatable bonds is 5. The number of hydrogen-bond acceptors (Lipinski definition) is 4. The number of aryl methyl sites for hydroxylation is 1. The Kier molecular flexibility index (Phi) is 5.79. The predicted octanol–water partition coefficient (Wildman–Crippen LogP) is 3.33. The molecule has 0 saturated carbocycles. The van der Waals surface area contributed by atoms with Crippen LogP contribution < -0.4 is 5.32 Å². The first-order valence-corrected chi connectivity index (χ1v) is 11.1. The molecule has 1 atom stereocenters. The van der Waals surface area contributed by atoms with Crippen molar-refractivity contribution in [1.82, 2.24) is 9.62 Å². The first kappa shape index (κ1) is 19.1. The Morgan fingerprint density at radius 2 is 1.85 bits per heavy atom. The summed E-state index contributed by atoms with van der Waals surface area (Å²) < 4.78 is 27.0. The fraction of sp³-hybridized carbons (Fsp3) is 0.421. The van der Waals surface area contributed by atoms with Crippen LogP contribution in [0.4, 0.5) is 0 Å². The lowest BCUT2D eigenvalue weighted by Crippen LogP contribution is -2.43. The summed E-state index contributed by atoms with van der Waals surface area (Å²) >= 11 is 1.62. The molecule has 2 aromatic rings. The number of piperidine rings is 1. The first-order valence-electron chi connectivity index (χ1n) is 8.78. The van der Waals surface area contributed by atoms with E-state index in [0.29, 0.717) is 30.8 Å². The van der Waals surface area contributed by atoms with Gasteiger partial charge in [-0.15, -0.1) is 11.3 Å². The summed E-state index contributed by atoms with van der Waals surface area (Å²) in [4.78, 5) is 13.9. The number of nitrogens with zero attached hydrogens (tertiary/aromatic N) is 1. The van der Waals surface area contributed by atoms with Crippen molar-refractivity contribution >= 4 is 27.3 Å². The van der Waals surface area contributed by atoms with Gasteiger partial charge in [0.1, 0.15) is 0 Å². The second-order valence-electron chi connectivity index (χ2n) is 6.74. The molecule has 2 heterocycles. The quantitative estimate of drug-likeness (QED) is 0.849. The molecule has 1 amide bonds. The summed E-state index contributed by atoms with van der Waals surface area (Å²) in [6.07, 6.45) is 1.10. The average Bonchev–Trinajstić information content (AvgIpc) is 3.17. The normalized spacial score (nSPS) is 17.8. The Balaban J connectivity index is 1.58. The smallest absolute Gasteiger partial charge is 0.243 e. The first-order chi connectivity index (χ1) is 12.4. The molecule has 3 rings (SSSR count). The van der Waals surface area contributed by atoms with Gasteiger partial charge in [0, 0.05) is 23.9 Å². The van der Waals surface area contributed by atoms with Gasteiger partial charge >= 0.3 is 0 Å². The molecule has 140 valence electrons. The van der Waals surface area contributed by atoms with E-state index in [4.69, 9.17) is 0 Å². The van der Waals surface area contributed by atoms with E-state index in [1.165, 1.54) is 4.31 Å². The Bertz CT molecular complexity index is 837. The van der Waals surface area contributed by atoms with Crippen LogP contribution in [0, 0.1) is 12.8 Å². The molecule has 1 saturated heterocycles. The molecule has 0 aliphatic carbocycles. The number of sulfonamides is 1. The summed E-state index contributed by atoms with van der Waals surface area (Å²) in [6.45, 7) is 4.65. The highest BCUT2D eigenvalue weighted by Gasteiger charge is 2.32. The monoisotopic (exact) mass is 392 g/mol. The van der Waals surface area contributed by atoms with Crippen LogP contribution >= 0.6 is 11.3 Å². The van der Waals surface area contributed by atoms with Crippen molar-refractivity contribution < 1.29 is 13.2 Å². The maximum absolute atomic E-state index is 12.7. The van der Waals surface area contributed by atoms with Gasteiger partial charge < -0.3 is 5.32 Å². The molecular weight excluding hydrogens is 368 g/mol. The maximum atomic E-state index is 12.7. The van der Waals surface area contributed by atoms with Crippen molar-refractivity contribution in [3.63, 3.8) is 0 Å². The molecule has 0 spiro atoms. The highest BCUT2D eigenvalue weighted by Crippen LogP contribution is 2.25. The zero-order chi connectivity index (χ0) is 18.7. The van der Waals surface area contributed by atoms with Gasteiger partial charge in [-0.2, -0.15) is 4.31 Å². The highest BCUT2D eigenvalue weighted by molar-refractivity contribution is 7.89. The minimum Gasteiger partial charge on any atom is -0.349 e. The standard InChI is InChI=1S/C19H24N2O3S2/c1-14-5-7-17(8-6-14)26(23,24)21-11-9-16(10-12-21)19(22)20-15(2)18-4-3-13-25-18/h3-8,13,15-16H,9-12H2,1-2H3,(H,20,22). The molecule has 1 aromatic carbocycles. The van der Waals surface area contributed by atoms with Gasteiger partial charge in [0.05, 0.1) is 10.9 Å². The van der Waals surface area contributed by atoms with Gasteiger partial charge in [-0.25, -0.2) is 8.42 Å². The topological polar surface area (TPSA) is 66.5 Å². The van der Waals surface area contributed by atoms with Crippen LogP contribution in [-0.2, 0) is 14.8 Å². The molecule has 1 fully saturated rings. The molecule has 1 aromatic heterocycles. The van der Waals surface area contributed by atoms with Gasteiger partial charge in [-0.3, -0.25) is 4.79 Å². The number of carbonyl (C=O) groups is 1. The second kappa shape index (κ2) is 7.90. The Hall–Kier alpha value is -1.70. The lowest BCUT2D eigenvalue weighted by Gasteiger charge is -2.31. The summed E-state index contributed by atoms with van der Waals surface area (Å²) in [5.41, 5.74) is 1.03. The number of benzene rings is 1. The van der Waals surface area contributed by atoms with Crippen molar-refractivity contribution in [2.24, 2.45) is 5.92 Å². The summed E-state index contributed by atoms with van der Waals surface area (Å²) in [5, 5.41) is 5.04. The van der Waals surface area contributed by atoms with Crippen molar-refractivity contribution in [2.75, 3.05) is 13.1 Å².